The Morgan fingerprint density at radius 2 is 1.59 bits per heavy atom. The molecule has 156 valence electrons. The van der Waals surface area contributed by atoms with Crippen LogP contribution < -0.4 is 5.32 Å². The zero-order chi connectivity index (χ0) is 21.7. The fraction of sp³-hybridized carbons (Fsp3) is 0.450. The second-order valence-corrected chi connectivity index (χ2v) is 6.76. The van der Waals surface area contributed by atoms with E-state index in [-0.39, 0.29) is 17.0 Å². The minimum Gasteiger partial charge on any atom is -0.467 e. The number of hydrogen-bond acceptors (Lipinski definition) is 7. The van der Waals surface area contributed by atoms with Crippen LogP contribution in [-0.2, 0) is 23.9 Å². The molecule has 9 heteroatoms. The Kier molecular flexibility index (Phi) is 7.08. The zero-order valence-corrected chi connectivity index (χ0v) is 16.8. The maximum absolute atomic E-state index is 12.4. The number of methoxy groups -OCH3 is 1. The summed E-state index contributed by atoms with van der Waals surface area (Å²) in [7, 11) is 1.22. The molecule has 1 aromatic rings. The van der Waals surface area contributed by atoms with Crippen LogP contribution in [0.3, 0.4) is 0 Å². The molecule has 2 rings (SSSR count). The summed E-state index contributed by atoms with van der Waals surface area (Å²) in [6.45, 7) is 4.32. The van der Waals surface area contributed by atoms with Gasteiger partial charge in [0.15, 0.2) is 6.61 Å². The molecule has 3 amide bonds. The number of hydrogen-bond donors (Lipinski definition) is 1. The molecular weight excluding hydrogens is 380 g/mol. The first-order valence-electron chi connectivity index (χ1n) is 9.23. The van der Waals surface area contributed by atoms with E-state index in [1.54, 1.807) is 19.1 Å². The quantitative estimate of drug-likeness (QED) is 0.505. The first kappa shape index (κ1) is 22.1. The summed E-state index contributed by atoms with van der Waals surface area (Å²) in [6.07, 6.45) is 0.622. The van der Waals surface area contributed by atoms with Gasteiger partial charge in [-0.25, -0.2) is 9.59 Å². The number of esters is 2. The second-order valence-electron chi connectivity index (χ2n) is 6.76. The third-order valence-corrected chi connectivity index (χ3v) is 4.88. The third-order valence-electron chi connectivity index (χ3n) is 4.88. The van der Waals surface area contributed by atoms with Crippen LogP contribution in [0.5, 0.6) is 0 Å². The number of benzene rings is 1. The van der Waals surface area contributed by atoms with E-state index in [1.165, 1.54) is 26.2 Å². The van der Waals surface area contributed by atoms with E-state index in [4.69, 9.17) is 4.74 Å². The molecule has 1 aliphatic heterocycles. The Morgan fingerprint density at radius 3 is 2.07 bits per heavy atom. The van der Waals surface area contributed by atoms with Crippen molar-refractivity contribution in [1.82, 2.24) is 10.2 Å². The van der Waals surface area contributed by atoms with Crippen LogP contribution in [0.4, 0.5) is 0 Å². The highest BCUT2D eigenvalue weighted by atomic mass is 16.5. The lowest BCUT2D eigenvalue weighted by Gasteiger charge is -2.23. The average molecular weight is 404 g/mol. The Bertz CT molecular complexity index is 801. The summed E-state index contributed by atoms with van der Waals surface area (Å²) in [4.78, 5) is 61.9. The van der Waals surface area contributed by atoms with Gasteiger partial charge in [-0.15, -0.1) is 0 Å². The third kappa shape index (κ3) is 4.61. The van der Waals surface area contributed by atoms with Crippen LogP contribution >= 0.6 is 0 Å². The lowest BCUT2D eigenvalue weighted by molar-refractivity contribution is -0.153. The highest BCUT2D eigenvalue weighted by Gasteiger charge is 2.41. The van der Waals surface area contributed by atoms with Crippen LogP contribution in [0.25, 0.3) is 0 Å². The van der Waals surface area contributed by atoms with E-state index in [0.29, 0.717) is 6.42 Å². The largest absolute Gasteiger partial charge is 0.467 e. The topological polar surface area (TPSA) is 119 Å². The Morgan fingerprint density at radius 1 is 1.03 bits per heavy atom. The predicted molar refractivity (Wildman–Crippen MR) is 101 cm³/mol. The van der Waals surface area contributed by atoms with Gasteiger partial charge in [0, 0.05) is 0 Å². The lowest BCUT2D eigenvalue weighted by atomic mass is 9.99. The van der Waals surface area contributed by atoms with Crippen molar-refractivity contribution in [3.05, 3.63) is 35.4 Å². The molecule has 1 aromatic carbocycles. The minimum absolute atomic E-state index is 0.181. The van der Waals surface area contributed by atoms with E-state index in [1.807, 2.05) is 6.92 Å². The summed E-state index contributed by atoms with van der Waals surface area (Å²) in [5, 5.41) is 2.48. The monoisotopic (exact) mass is 404 g/mol. The van der Waals surface area contributed by atoms with E-state index >= 15 is 0 Å². The maximum Gasteiger partial charge on any atom is 0.329 e. The Hall–Kier alpha value is -3.23. The SMILES string of the molecule is CC[C@@H](C)[C@H](NC(=O)COC(=O)[C@@H](C)N1C(=O)c2ccccc2C1=O)C(=O)OC. The van der Waals surface area contributed by atoms with Crippen molar-refractivity contribution < 1.29 is 33.4 Å². The van der Waals surface area contributed by atoms with Crippen molar-refractivity contribution in [2.45, 2.75) is 39.3 Å². The molecule has 0 saturated heterocycles. The van der Waals surface area contributed by atoms with Crippen LogP contribution in [-0.4, -0.2) is 60.4 Å². The van der Waals surface area contributed by atoms with Crippen molar-refractivity contribution in [2.24, 2.45) is 5.92 Å². The molecule has 1 aliphatic rings. The van der Waals surface area contributed by atoms with E-state index in [2.05, 4.69) is 10.1 Å². The number of fused-ring (bicyclic) bond motifs is 1. The molecule has 9 nitrogen and oxygen atoms in total. The first-order valence-corrected chi connectivity index (χ1v) is 9.23. The number of ether oxygens (including phenoxy) is 2. The molecule has 0 bridgehead atoms. The van der Waals surface area contributed by atoms with Gasteiger partial charge in [0.25, 0.3) is 17.7 Å². The molecule has 1 N–H and O–H groups in total. The van der Waals surface area contributed by atoms with Gasteiger partial charge in [0.05, 0.1) is 18.2 Å². The maximum atomic E-state index is 12.4. The standard InChI is InChI=1S/C20H24N2O7/c1-5-11(2)16(20(27)28-4)21-15(23)10-29-19(26)12(3)22-17(24)13-8-6-7-9-14(13)18(22)25/h6-9,11-12,16H,5,10H2,1-4H3,(H,21,23)/t11-,12-,16+/m1/s1. The summed E-state index contributed by atoms with van der Waals surface area (Å²) in [5.41, 5.74) is 0.425. The van der Waals surface area contributed by atoms with E-state index < -0.39 is 48.4 Å². The highest BCUT2D eigenvalue weighted by molar-refractivity contribution is 6.22. The van der Waals surface area contributed by atoms with Gasteiger partial charge < -0.3 is 14.8 Å². The molecule has 0 saturated carbocycles. The number of nitrogens with zero attached hydrogens (tertiary/aromatic N) is 1. The van der Waals surface area contributed by atoms with Gasteiger partial charge >= 0.3 is 11.9 Å². The molecule has 0 radical (unpaired) electrons. The van der Waals surface area contributed by atoms with E-state index in [0.717, 1.165) is 4.90 Å². The van der Waals surface area contributed by atoms with Gasteiger partial charge in [0.1, 0.15) is 12.1 Å². The number of nitrogens with one attached hydrogen (secondary N) is 1. The molecule has 3 atom stereocenters. The average Bonchev–Trinajstić information content (AvgIpc) is 2.99. The van der Waals surface area contributed by atoms with Crippen molar-refractivity contribution in [1.29, 1.82) is 0 Å². The Labute approximate surface area is 168 Å². The number of carbonyl (C=O) groups excluding carboxylic acids is 5. The molecule has 1 heterocycles. The summed E-state index contributed by atoms with van der Waals surface area (Å²) in [5.74, 6) is -3.57. The first-order chi connectivity index (χ1) is 13.7. The van der Waals surface area contributed by atoms with Gasteiger partial charge in [-0.2, -0.15) is 0 Å². The van der Waals surface area contributed by atoms with Crippen LogP contribution in [0, 0.1) is 5.92 Å². The van der Waals surface area contributed by atoms with Crippen LogP contribution in [0.1, 0.15) is 47.9 Å². The van der Waals surface area contributed by atoms with Crippen molar-refractivity contribution in [2.75, 3.05) is 13.7 Å². The molecule has 0 fully saturated rings. The smallest absolute Gasteiger partial charge is 0.329 e. The van der Waals surface area contributed by atoms with Crippen molar-refractivity contribution in [3.8, 4) is 0 Å². The molecule has 0 spiro atoms. The fourth-order valence-corrected chi connectivity index (χ4v) is 2.93. The zero-order valence-electron chi connectivity index (χ0n) is 16.8. The predicted octanol–water partition coefficient (Wildman–Crippen LogP) is 0.918. The highest BCUT2D eigenvalue weighted by Crippen LogP contribution is 2.24. The van der Waals surface area contributed by atoms with Gasteiger partial charge in [0.2, 0.25) is 0 Å². The van der Waals surface area contributed by atoms with Crippen molar-refractivity contribution in [3.63, 3.8) is 0 Å². The fourth-order valence-electron chi connectivity index (χ4n) is 2.93. The summed E-state index contributed by atoms with van der Waals surface area (Å²) >= 11 is 0. The van der Waals surface area contributed by atoms with Crippen LogP contribution in [0.15, 0.2) is 24.3 Å². The number of imide groups is 1. The molecule has 29 heavy (non-hydrogen) atoms. The van der Waals surface area contributed by atoms with E-state index in [9.17, 15) is 24.0 Å². The lowest BCUT2D eigenvalue weighted by Crippen LogP contribution is -2.48. The summed E-state index contributed by atoms with van der Waals surface area (Å²) < 4.78 is 9.63. The normalized spacial score (nSPS) is 15.9. The Balaban J connectivity index is 1.97. The summed E-state index contributed by atoms with van der Waals surface area (Å²) in [6, 6.07) is 4.17. The second kappa shape index (κ2) is 9.31. The minimum atomic E-state index is -1.21. The van der Waals surface area contributed by atoms with Crippen LogP contribution in [0.2, 0.25) is 0 Å². The number of rotatable bonds is 8. The molecular formula is C20H24N2O7. The van der Waals surface area contributed by atoms with Gasteiger partial charge in [-0.1, -0.05) is 32.4 Å². The van der Waals surface area contributed by atoms with Crippen molar-refractivity contribution >= 4 is 29.7 Å². The molecule has 0 aromatic heterocycles. The number of amides is 3. The number of carbonyl (C=O) groups is 5. The van der Waals surface area contributed by atoms with Gasteiger partial charge in [-0.05, 0) is 25.0 Å². The molecule has 0 aliphatic carbocycles. The van der Waals surface area contributed by atoms with Gasteiger partial charge in [-0.3, -0.25) is 19.3 Å². The molecule has 0 unspecified atom stereocenters.